The van der Waals surface area contributed by atoms with E-state index in [1.54, 1.807) is 17.1 Å². The minimum absolute atomic E-state index is 0.277. The smallest absolute Gasteiger partial charge is 0.0785 e. The average Bonchev–Trinajstić information content (AvgIpc) is 2.65. The minimum Gasteiger partial charge on any atom is -0.391 e. The highest BCUT2D eigenvalue weighted by Crippen LogP contribution is 2.27. The summed E-state index contributed by atoms with van der Waals surface area (Å²) in [6.45, 7) is 0.567. The van der Waals surface area contributed by atoms with Gasteiger partial charge < -0.3 is 5.11 Å². The van der Waals surface area contributed by atoms with Crippen molar-refractivity contribution in [3.05, 3.63) is 17.4 Å². The minimum atomic E-state index is -0.277. The Bertz CT molecular complexity index is 307. The molecule has 1 N–H and O–H groups in total. The molecule has 15 heavy (non-hydrogen) atoms. The molecule has 84 valence electrons. The zero-order valence-corrected chi connectivity index (χ0v) is 9.53. The van der Waals surface area contributed by atoms with Crippen LogP contribution >= 0.6 is 11.6 Å². The molecule has 3 nitrogen and oxygen atoms in total. The van der Waals surface area contributed by atoms with E-state index in [4.69, 9.17) is 11.6 Å². The third-order valence-electron chi connectivity index (χ3n) is 3.17. The molecule has 0 aliphatic heterocycles. The van der Waals surface area contributed by atoms with Crippen LogP contribution in [0.15, 0.2) is 12.4 Å². The maximum Gasteiger partial charge on any atom is 0.0785 e. The molecule has 1 atom stereocenters. The van der Waals surface area contributed by atoms with Crippen molar-refractivity contribution in [1.82, 2.24) is 9.78 Å². The molecule has 4 heteroatoms. The Morgan fingerprint density at radius 3 is 2.80 bits per heavy atom. The lowest BCUT2D eigenvalue weighted by atomic mass is 9.85. The van der Waals surface area contributed by atoms with Crippen molar-refractivity contribution in [2.75, 3.05) is 0 Å². The molecule has 1 heterocycles. The Morgan fingerprint density at radius 2 is 2.20 bits per heavy atom. The van der Waals surface area contributed by atoms with E-state index in [2.05, 4.69) is 5.10 Å². The highest BCUT2D eigenvalue weighted by Gasteiger charge is 2.21. The van der Waals surface area contributed by atoms with Crippen molar-refractivity contribution in [2.45, 2.75) is 44.8 Å². The predicted molar refractivity (Wildman–Crippen MR) is 59.8 cm³/mol. The second-order valence-electron chi connectivity index (χ2n) is 4.35. The van der Waals surface area contributed by atoms with E-state index in [-0.39, 0.29) is 6.10 Å². The van der Waals surface area contributed by atoms with Crippen LogP contribution in [0.5, 0.6) is 0 Å². The molecular formula is C11H17ClN2O. The lowest BCUT2D eigenvalue weighted by Crippen LogP contribution is -2.27. The summed E-state index contributed by atoms with van der Waals surface area (Å²) in [6.07, 6.45) is 9.20. The van der Waals surface area contributed by atoms with Gasteiger partial charge in [0, 0.05) is 6.20 Å². The molecule has 0 saturated heterocycles. The third-order valence-corrected chi connectivity index (χ3v) is 3.37. The Morgan fingerprint density at radius 1 is 1.47 bits per heavy atom. The normalized spacial score (nSPS) is 20.4. The van der Waals surface area contributed by atoms with Crippen LogP contribution in [0.4, 0.5) is 0 Å². The van der Waals surface area contributed by atoms with Crippen LogP contribution in [0.25, 0.3) is 0 Å². The van der Waals surface area contributed by atoms with Gasteiger partial charge in [-0.3, -0.25) is 4.68 Å². The largest absolute Gasteiger partial charge is 0.391 e. The van der Waals surface area contributed by atoms with Crippen LogP contribution in [0.1, 0.15) is 32.1 Å². The van der Waals surface area contributed by atoms with Crippen LogP contribution in [0.3, 0.4) is 0 Å². The Balaban J connectivity index is 1.88. The number of aliphatic hydroxyl groups is 1. The van der Waals surface area contributed by atoms with Crippen LogP contribution in [-0.2, 0) is 6.54 Å². The molecule has 0 aromatic carbocycles. The summed E-state index contributed by atoms with van der Waals surface area (Å²) < 4.78 is 1.72. The molecule has 2 rings (SSSR count). The standard InChI is InChI=1S/C11H17ClN2O/c12-10-6-13-14(7-10)8-11(15)9-4-2-1-3-5-9/h6-7,9,11,15H,1-5,8H2/t11-/m0/s1. The molecule has 0 unspecified atom stereocenters. The Hall–Kier alpha value is -0.540. The van der Waals surface area contributed by atoms with Crippen LogP contribution in [-0.4, -0.2) is 21.0 Å². The van der Waals surface area contributed by atoms with Crippen LogP contribution in [0, 0.1) is 5.92 Å². The molecule has 1 aromatic rings. The highest BCUT2D eigenvalue weighted by atomic mass is 35.5. The van der Waals surface area contributed by atoms with E-state index in [0.29, 0.717) is 17.5 Å². The molecule has 0 radical (unpaired) electrons. The van der Waals surface area contributed by atoms with Crippen LogP contribution in [0.2, 0.25) is 5.02 Å². The molecule has 1 aromatic heterocycles. The quantitative estimate of drug-likeness (QED) is 0.863. The van der Waals surface area contributed by atoms with Crippen molar-refractivity contribution in [3.63, 3.8) is 0 Å². The molecule has 1 aliphatic rings. The lowest BCUT2D eigenvalue weighted by Gasteiger charge is -2.26. The zero-order valence-electron chi connectivity index (χ0n) is 8.77. The van der Waals surface area contributed by atoms with Gasteiger partial charge in [-0.2, -0.15) is 5.10 Å². The maximum absolute atomic E-state index is 10.0. The fourth-order valence-electron chi connectivity index (χ4n) is 2.30. The fraction of sp³-hybridized carbons (Fsp3) is 0.727. The Kier molecular flexibility index (Phi) is 3.65. The summed E-state index contributed by atoms with van der Waals surface area (Å²) in [5, 5.41) is 14.7. The summed E-state index contributed by atoms with van der Waals surface area (Å²) in [7, 11) is 0. The van der Waals surface area contributed by atoms with Crippen LogP contribution < -0.4 is 0 Å². The number of hydrogen-bond donors (Lipinski definition) is 1. The van der Waals surface area contributed by atoms with Gasteiger partial charge in [-0.15, -0.1) is 0 Å². The first-order valence-corrected chi connectivity index (χ1v) is 5.99. The van der Waals surface area contributed by atoms with Gasteiger partial charge in [0.05, 0.1) is 23.9 Å². The summed E-state index contributed by atoms with van der Waals surface area (Å²) in [4.78, 5) is 0. The van der Waals surface area contributed by atoms with Gasteiger partial charge in [-0.25, -0.2) is 0 Å². The molecule has 0 amide bonds. The number of nitrogens with zero attached hydrogens (tertiary/aromatic N) is 2. The van der Waals surface area contributed by atoms with Gasteiger partial charge in [0.1, 0.15) is 0 Å². The highest BCUT2D eigenvalue weighted by molar-refractivity contribution is 6.30. The second-order valence-corrected chi connectivity index (χ2v) is 4.78. The van der Waals surface area contributed by atoms with Gasteiger partial charge in [-0.1, -0.05) is 30.9 Å². The van der Waals surface area contributed by atoms with E-state index in [1.165, 1.54) is 19.3 Å². The molecule has 1 aliphatic carbocycles. The van der Waals surface area contributed by atoms with Gasteiger partial charge in [0.25, 0.3) is 0 Å². The number of aromatic nitrogens is 2. The van der Waals surface area contributed by atoms with Gasteiger partial charge in [0.2, 0.25) is 0 Å². The summed E-state index contributed by atoms with van der Waals surface area (Å²) in [5.74, 6) is 0.446. The third kappa shape index (κ3) is 2.95. The summed E-state index contributed by atoms with van der Waals surface area (Å²) in [6, 6.07) is 0. The van der Waals surface area contributed by atoms with E-state index in [1.807, 2.05) is 0 Å². The first-order valence-electron chi connectivity index (χ1n) is 5.62. The fourth-order valence-corrected chi connectivity index (χ4v) is 2.45. The van der Waals surface area contributed by atoms with Gasteiger partial charge in [0.15, 0.2) is 0 Å². The van der Waals surface area contributed by atoms with E-state index in [0.717, 1.165) is 12.8 Å². The number of hydrogen-bond acceptors (Lipinski definition) is 2. The number of rotatable bonds is 3. The monoisotopic (exact) mass is 228 g/mol. The van der Waals surface area contributed by atoms with Crippen molar-refractivity contribution >= 4 is 11.6 Å². The molecule has 0 spiro atoms. The molecule has 1 fully saturated rings. The van der Waals surface area contributed by atoms with E-state index < -0.39 is 0 Å². The first kappa shape index (κ1) is 11.0. The van der Waals surface area contributed by atoms with Gasteiger partial charge >= 0.3 is 0 Å². The summed E-state index contributed by atoms with van der Waals surface area (Å²) >= 11 is 5.76. The maximum atomic E-state index is 10.0. The lowest BCUT2D eigenvalue weighted by molar-refractivity contribution is 0.0665. The van der Waals surface area contributed by atoms with E-state index >= 15 is 0 Å². The average molecular weight is 229 g/mol. The zero-order chi connectivity index (χ0) is 10.7. The summed E-state index contributed by atoms with van der Waals surface area (Å²) in [5.41, 5.74) is 0. The Labute approximate surface area is 95.0 Å². The van der Waals surface area contributed by atoms with Crippen molar-refractivity contribution in [3.8, 4) is 0 Å². The number of aliphatic hydroxyl groups excluding tert-OH is 1. The topological polar surface area (TPSA) is 38.0 Å². The number of halogens is 1. The van der Waals surface area contributed by atoms with Crippen molar-refractivity contribution in [2.24, 2.45) is 5.92 Å². The molecule has 0 bridgehead atoms. The van der Waals surface area contributed by atoms with Crippen molar-refractivity contribution in [1.29, 1.82) is 0 Å². The van der Waals surface area contributed by atoms with Gasteiger partial charge in [-0.05, 0) is 18.8 Å². The second kappa shape index (κ2) is 4.99. The predicted octanol–water partition coefficient (Wildman–Crippen LogP) is 2.48. The SMILES string of the molecule is O[C@@H](Cn1cc(Cl)cn1)C1CCCCC1. The van der Waals surface area contributed by atoms with E-state index in [9.17, 15) is 5.11 Å². The van der Waals surface area contributed by atoms with Crippen molar-refractivity contribution < 1.29 is 5.11 Å². The molecule has 1 saturated carbocycles. The molecular weight excluding hydrogens is 212 g/mol. The first-order chi connectivity index (χ1) is 7.25.